The Morgan fingerprint density at radius 3 is 2.21 bits per heavy atom. The molecule has 1 aliphatic rings. The van der Waals surface area contributed by atoms with E-state index in [0.29, 0.717) is 18.9 Å². The second-order valence-corrected chi connectivity index (χ2v) is 10.1. The summed E-state index contributed by atoms with van der Waals surface area (Å²) in [5.41, 5.74) is 2.31. The number of nitrogens with one attached hydrogen (secondary N) is 2. The van der Waals surface area contributed by atoms with E-state index in [1.165, 1.54) is 56.5 Å². The molecule has 0 saturated carbocycles. The van der Waals surface area contributed by atoms with Crippen LogP contribution >= 0.6 is 0 Å². The molecule has 180 valence electrons. The lowest BCUT2D eigenvalue weighted by Crippen LogP contribution is -2.30. The van der Waals surface area contributed by atoms with Crippen LogP contribution in [-0.2, 0) is 27.9 Å². The molecule has 2 N–H and O–H groups in total. The van der Waals surface area contributed by atoms with Crippen LogP contribution < -0.4 is 14.8 Å². The van der Waals surface area contributed by atoms with Gasteiger partial charge in [-0.25, -0.2) is 13.1 Å². The zero-order chi connectivity index (χ0) is 23.5. The Balaban J connectivity index is 1.38. The summed E-state index contributed by atoms with van der Waals surface area (Å²) in [5.74, 6) is 0.420. The van der Waals surface area contributed by atoms with Gasteiger partial charge in [0.25, 0.3) is 0 Å². The molecule has 0 aliphatic carbocycles. The molecule has 7 nitrogen and oxygen atoms in total. The fourth-order valence-electron chi connectivity index (χ4n) is 3.87. The average Bonchev–Trinajstić information content (AvgIpc) is 3.08. The molecule has 0 radical (unpaired) electrons. The van der Waals surface area contributed by atoms with E-state index >= 15 is 0 Å². The van der Waals surface area contributed by atoms with E-state index in [9.17, 15) is 13.2 Å². The topological polar surface area (TPSA) is 87.7 Å². The first-order valence-corrected chi connectivity index (χ1v) is 13.2. The van der Waals surface area contributed by atoms with Gasteiger partial charge in [-0.2, -0.15) is 0 Å². The molecule has 3 rings (SSSR count). The van der Waals surface area contributed by atoms with Gasteiger partial charge < -0.3 is 10.1 Å². The summed E-state index contributed by atoms with van der Waals surface area (Å²) in [7, 11) is -3.66. The molecule has 8 heteroatoms. The highest BCUT2D eigenvalue weighted by Crippen LogP contribution is 2.16. The Bertz CT molecular complexity index is 968. The highest BCUT2D eigenvalue weighted by molar-refractivity contribution is 7.89. The Kier molecular flexibility index (Phi) is 9.72. The van der Waals surface area contributed by atoms with E-state index in [1.54, 1.807) is 12.1 Å². The summed E-state index contributed by atoms with van der Waals surface area (Å²) >= 11 is 0. The zero-order valence-corrected chi connectivity index (χ0v) is 20.2. The molecular weight excluding hydrogens is 438 g/mol. The number of carbonyl (C=O) groups is 1. The van der Waals surface area contributed by atoms with E-state index in [0.717, 1.165) is 12.1 Å². The molecule has 1 heterocycles. The third-order valence-electron chi connectivity index (χ3n) is 5.71. The first-order valence-electron chi connectivity index (χ1n) is 11.8. The maximum Gasteiger partial charge on any atom is 0.240 e. The van der Waals surface area contributed by atoms with Crippen LogP contribution in [-0.4, -0.2) is 45.5 Å². The van der Waals surface area contributed by atoms with Crippen LogP contribution in [0.5, 0.6) is 5.75 Å². The predicted octanol–water partition coefficient (Wildman–Crippen LogP) is 3.45. The molecule has 33 heavy (non-hydrogen) atoms. The van der Waals surface area contributed by atoms with Gasteiger partial charge in [-0.05, 0) is 68.2 Å². The summed E-state index contributed by atoms with van der Waals surface area (Å²) in [6.45, 7) is 6.15. The largest absolute Gasteiger partial charge is 0.494 e. The molecule has 1 aliphatic heterocycles. The van der Waals surface area contributed by atoms with Gasteiger partial charge >= 0.3 is 0 Å². The smallest absolute Gasteiger partial charge is 0.240 e. The number of hydrogen-bond donors (Lipinski definition) is 2. The van der Waals surface area contributed by atoms with E-state index in [-0.39, 0.29) is 23.8 Å². The van der Waals surface area contributed by atoms with Crippen molar-refractivity contribution < 1.29 is 17.9 Å². The van der Waals surface area contributed by atoms with Crippen LogP contribution in [0.4, 0.5) is 0 Å². The van der Waals surface area contributed by atoms with Crippen LogP contribution in [0.25, 0.3) is 0 Å². The number of amides is 1. The number of rotatable bonds is 11. The fourth-order valence-corrected chi connectivity index (χ4v) is 4.90. The van der Waals surface area contributed by atoms with Gasteiger partial charge in [0.1, 0.15) is 5.75 Å². The van der Waals surface area contributed by atoms with Crippen molar-refractivity contribution in [2.24, 2.45) is 0 Å². The lowest BCUT2D eigenvalue weighted by molar-refractivity contribution is -0.121. The highest BCUT2D eigenvalue weighted by atomic mass is 32.2. The zero-order valence-electron chi connectivity index (χ0n) is 19.4. The Hall–Kier alpha value is -2.42. The van der Waals surface area contributed by atoms with Gasteiger partial charge in [0.05, 0.1) is 11.5 Å². The number of likely N-dealkylation sites (tertiary alicyclic amines) is 1. The highest BCUT2D eigenvalue weighted by Gasteiger charge is 2.14. The summed E-state index contributed by atoms with van der Waals surface area (Å²) in [5, 5.41) is 2.85. The minimum atomic E-state index is -3.66. The van der Waals surface area contributed by atoms with E-state index in [1.807, 2.05) is 19.1 Å². The van der Waals surface area contributed by atoms with Crippen LogP contribution in [0.3, 0.4) is 0 Å². The number of ether oxygens (including phenoxy) is 1. The Labute approximate surface area is 197 Å². The normalized spacial score (nSPS) is 15.1. The molecular formula is C25H35N3O4S. The van der Waals surface area contributed by atoms with Gasteiger partial charge in [0.15, 0.2) is 0 Å². The molecule has 2 aromatic rings. The number of hydrogen-bond acceptors (Lipinski definition) is 5. The van der Waals surface area contributed by atoms with Crippen LogP contribution in [0, 0.1) is 0 Å². The van der Waals surface area contributed by atoms with Crippen molar-refractivity contribution in [3.63, 3.8) is 0 Å². The summed E-state index contributed by atoms with van der Waals surface area (Å²) in [6.07, 6.45) is 5.29. The van der Waals surface area contributed by atoms with Crippen molar-refractivity contribution in [2.75, 3.05) is 26.2 Å². The van der Waals surface area contributed by atoms with Crippen molar-refractivity contribution in [3.05, 3.63) is 59.7 Å². The molecule has 0 spiro atoms. The number of carbonyl (C=O) groups excluding carboxylic acids is 1. The molecule has 1 fully saturated rings. The monoisotopic (exact) mass is 473 g/mol. The lowest BCUT2D eigenvalue weighted by atomic mass is 10.1. The third-order valence-corrected chi connectivity index (χ3v) is 7.18. The van der Waals surface area contributed by atoms with Gasteiger partial charge in [-0.1, -0.05) is 37.1 Å². The minimum absolute atomic E-state index is 0.0378. The van der Waals surface area contributed by atoms with Crippen molar-refractivity contribution in [1.29, 1.82) is 0 Å². The first kappa shape index (κ1) is 25.2. The summed E-state index contributed by atoms with van der Waals surface area (Å²) < 4.78 is 32.5. The quantitative estimate of drug-likeness (QED) is 0.522. The van der Waals surface area contributed by atoms with Crippen LogP contribution in [0.1, 0.15) is 50.2 Å². The van der Waals surface area contributed by atoms with Crippen molar-refractivity contribution in [3.8, 4) is 5.75 Å². The molecule has 0 aromatic heterocycles. The molecule has 2 aromatic carbocycles. The molecule has 1 amide bonds. The van der Waals surface area contributed by atoms with Crippen molar-refractivity contribution in [2.45, 2.75) is 57.0 Å². The standard InChI is InChI=1S/C25H35N3O4S/c1-2-32-23-11-13-24(14-12-23)33(30,31)27-16-15-25(29)26-19-21-7-9-22(10-8-21)20-28-17-5-3-4-6-18-28/h7-14,27H,2-6,15-20H2,1H3,(H,26,29). The van der Waals surface area contributed by atoms with Gasteiger partial charge in [0.2, 0.25) is 15.9 Å². The van der Waals surface area contributed by atoms with E-state index in [2.05, 4.69) is 27.1 Å². The fraction of sp³-hybridized carbons (Fsp3) is 0.480. The Morgan fingerprint density at radius 1 is 0.939 bits per heavy atom. The second kappa shape index (κ2) is 12.7. The van der Waals surface area contributed by atoms with E-state index in [4.69, 9.17) is 4.74 Å². The van der Waals surface area contributed by atoms with Crippen LogP contribution in [0.2, 0.25) is 0 Å². The van der Waals surface area contributed by atoms with Crippen LogP contribution in [0.15, 0.2) is 53.4 Å². The van der Waals surface area contributed by atoms with Crippen molar-refractivity contribution >= 4 is 15.9 Å². The molecule has 1 saturated heterocycles. The Morgan fingerprint density at radius 2 is 1.58 bits per heavy atom. The maximum absolute atomic E-state index is 12.4. The second-order valence-electron chi connectivity index (χ2n) is 8.34. The SMILES string of the molecule is CCOc1ccc(S(=O)(=O)NCCC(=O)NCc2ccc(CN3CCCCCC3)cc2)cc1. The molecule has 0 bridgehead atoms. The molecule has 0 atom stereocenters. The predicted molar refractivity (Wildman–Crippen MR) is 129 cm³/mol. The molecule has 0 unspecified atom stereocenters. The van der Waals surface area contributed by atoms with E-state index < -0.39 is 10.0 Å². The third kappa shape index (κ3) is 8.46. The number of nitrogens with zero attached hydrogens (tertiary/aromatic N) is 1. The van der Waals surface area contributed by atoms with Gasteiger partial charge in [-0.15, -0.1) is 0 Å². The van der Waals surface area contributed by atoms with Gasteiger partial charge in [-0.3, -0.25) is 9.69 Å². The number of benzene rings is 2. The van der Waals surface area contributed by atoms with Gasteiger partial charge in [0, 0.05) is 26.1 Å². The minimum Gasteiger partial charge on any atom is -0.494 e. The first-order chi connectivity index (χ1) is 16.0. The average molecular weight is 474 g/mol. The summed E-state index contributed by atoms with van der Waals surface area (Å²) in [6, 6.07) is 14.5. The maximum atomic E-state index is 12.4. The lowest BCUT2D eigenvalue weighted by Gasteiger charge is -2.19. The summed E-state index contributed by atoms with van der Waals surface area (Å²) in [4.78, 5) is 14.8. The van der Waals surface area contributed by atoms with Crippen molar-refractivity contribution in [1.82, 2.24) is 14.9 Å². The number of sulfonamides is 1.